The molecule has 1 fully saturated rings. The number of thioether (sulfide) groups is 1. The Morgan fingerprint density at radius 2 is 2.00 bits per heavy atom. The predicted molar refractivity (Wildman–Crippen MR) is 83.9 cm³/mol. The molecule has 1 aromatic carbocycles. The molecule has 4 nitrogen and oxygen atoms in total. The van der Waals surface area contributed by atoms with Crippen LogP contribution in [-0.2, 0) is 4.79 Å². The number of likely N-dealkylation sites (N-methyl/N-ethyl adjacent to an activating group) is 1. The molecule has 0 unspecified atom stereocenters. The summed E-state index contributed by atoms with van der Waals surface area (Å²) in [5.41, 5.74) is 0.982. The summed E-state index contributed by atoms with van der Waals surface area (Å²) in [7, 11) is 1.64. The number of benzene rings is 1. The minimum atomic E-state index is 0.0283. The van der Waals surface area contributed by atoms with Crippen LogP contribution < -0.4 is 4.74 Å². The molecule has 0 saturated carbocycles. The van der Waals surface area contributed by atoms with Gasteiger partial charge >= 0.3 is 0 Å². The Balaban J connectivity index is 2.25. The van der Waals surface area contributed by atoms with Crippen LogP contribution in [0.15, 0.2) is 34.2 Å². The average Bonchev–Trinajstić information content (AvgIpc) is 2.76. The summed E-state index contributed by atoms with van der Waals surface area (Å²) in [6.07, 6.45) is 1.90. The lowest BCUT2D eigenvalue weighted by atomic mass is 10.2. The SMILES string of the molecule is CCN=C1S/C(=C/c2ccc(OC)cc2)C(=O)N1CC. The number of hydrogen-bond donors (Lipinski definition) is 0. The Labute approximate surface area is 123 Å². The second-order valence-corrected chi connectivity index (χ2v) is 5.20. The molecule has 0 radical (unpaired) electrons. The van der Waals surface area contributed by atoms with Crippen molar-refractivity contribution in [3.8, 4) is 5.75 Å². The summed E-state index contributed by atoms with van der Waals surface area (Å²) in [6.45, 7) is 5.25. The Morgan fingerprint density at radius 3 is 2.55 bits per heavy atom. The summed E-state index contributed by atoms with van der Waals surface area (Å²) in [5.74, 6) is 0.835. The summed E-state index contributed by atoms with van der Waals surface area (Å²) in [5, 5.41) is 0.791. The Morgan fingerprint density at radius 1 is 1.30 bits per heavy atom. The number of carbonyl (C=O) groups is 1. The third-order valence-electron chi connectivity index (χ3n) is 2.91. The minimum Gasteiger partial charge on any atom is -0.497 e. The van der Waals surface area contributed by atoms with Crippen molar-refractivity contribution in [3.63, 3.8) is 0 Å². The van der Waals surface area contributed by atoms with Gasteiger partial charge in [0.15, 0.2) is 5.17 Å². The summed E-state index contributed by atoms with van der Waals surface area (Å²) in [6, 6.07) is 7.64. The molecule has 0 spiro atoms. The first kappa shape index (κ1) is 14.7. The van der Waals surface area contributed by atoms with Gasteiger partial charge in [-0.1, -0.05) is 12.1 Å². The van der Waals surface area contributed by atoms with E-state index in [4.69, 9.17) is 4.74 Å². The fourth-order valence-electron chi connectivity index (χ4n) is 1.89. The molecule has 0 atom stereocenters. The molecule has 20 heavy (non-hydrogen) atoms. The van der Waals surface area contributed by atoms with Gasteiger partial charge < -0.3 is 4.74 Å². The average molecular weight is 290 g/mol. The third-order valence-corrected chi connectivity index (χ3v) is 3.96. The zero-order chi connectivity index (χ0) is 14.5. The largest absolute Gasteiger partial charge is 0.497 e. The zero-order valence-electron chi connectivity index (χ0n) is 11.9. The van der Waals surface area contributed by atoms with Crippen LogP contribution in [0.25, 0.3) is 6.08 Å². The molecule has 0 aliphatic carbocycles. The van der Waals surface area contributed by atoms with Gasteiger partial charge in [0.05, 0.1) is 12.0 Å². The first-order valence-corrected chi connectivity index (χ1v) is 7.41. The molecule has 1 amide bonds. The topological polar surface area (TPSA) is 41.9 Å². The molecule has 106 valence electrons. The second-order valence-electron chi connectivity index (χ2n) is 4.19. The Bertz CT molecular complexity index is 549. The van der Waals surface area contributed by atoms with Crippen LogP contribution in [0.1, 0.15) is 19.4 Å². The first-order valence-electron chi connectivity index (χ1n) is 6.59. The van der Waals surface area contributed by atoms with E-state index in [0.29, 0.717) is 18.0 Å². The second kappa shape index (κ2) is 6.61. The summed E-state index contributed by atoms with van der Waals surface area (Å²) >= 11 is 1.44. The molecular weight excluding hydrogens is 272 g/mol. The highest BCUT2D eigenvalue weighted by Crippen LogP contribution is 2.32. The first-order chi connectivity index (χ1) is 9.69. The minimum absolute atomic E-state index is 0.0283. The van der Waals surface area contributed by atoms with Crippen LogP contribution in [0.4, 0.5) is 0 Å². The van der Waals surface area contributed by atoms with Crippen molar-refractivity contribution in [2.75, 3.05) is 20.2 Å². The van der Waals surface area contributed by atoms with E-state index in [1.807, 2.05) is 44.2 Å². The molecule has 1 aliphatic heterocycles. The van der Waals surface area contributed by atoms with Gasteiger partial charge in [-0.2, -0.15) is 0 Å². The highest BCUT2D eigenvalue weighted by molar-refractivity contribution is 8.18. The van der Waals surface area contributed by atoms with Crippen LogP contribution >= 0.6 is 11.8 Å². The van der Waals surface area contributed by atoms with E-state index >= 15 is 0 Å². The van der Waals surface area contributed by atoms with E-state index in [0.717, 1.165) is 16.5 Å². The van der Waals surface area contributed by atoms with Gasteiger partial charge in [0.1, 0.15) is 5.75 Å². The standard InChI is InChI=1S/C15H18N2O2S/c1-4-16-15-17(5-2)14(18)13(20-15)10-11-6-8-12(19-3)9-7-11/h6-10H,4-5H2,1-3H3/b13-10+,16-15?. The maximum Gasteiger partial charge on any atom is 0.266 e. The molecule has 0 aromatic heterocycles. The predicted octanol–water partition coefficient (Wildman–Crippen LogP) is 3.01. The summed E-state index contributed by atoms with van der Waals surface area (Å²) in [4.78, 5) is 19.1. The summed E-state index contributed by atoms with van der Waals surface area (Å²) < 4.78 is 5.12. The Kier molecular flexibility index (Phi) is 4.84. The Hall–Kier alpha value is -1.75. The molecule has 1 aromatic rings. The highest BCUT2D eigenvalue weighted by atomic mass is 32.2. The molecule has 1 aliphatic rings. The van der Waals surface area contributed by atoms with Crippen LogP contribution in [0.2, 0.25) is 0 Å². The molecule has 0 bridgehead atoms. The van der Waals surface area contributed by atoms with Gasteiger partial charge in [0.2, 0.25) is 0 Å². The van der Waals surface area contributed by atoms with Gasteiger partial charge in [0, 0.05) is 13.1 Å². The van der Waals surface area contributed by atoms with Gasteiger partial charge in [-0.15, -0.1) is 0 Å². The quantitative estimate of drug-likeness (QED) is 0.801. The molecule has 0 N–H and O–H groups in total. The van der Waals surface area contributed by atoms with E-state index in [2.05, 4.69) is 4.99 Å². The van der Waals surface area contributed by atoms with Crippen molar-refractivity contribution in [2.24, 2.45) is 4.99 Å². The number of rotatable bonds is 4. The van der Waals surface area contributed by atoms with E-state index in [9.17, 15) is 4.79 Å². The number of amidine groups is 1. The number of methoxy groups -OCH3 is 1. The van der Waals surface area contributed by atoms with Gasteiger partial charge in [-0.3, -0.25) is 14.7 Å². The van der Waals surface area contributed by atoms with Gasteiger partial charge in [-0.25, -0.2) is 0 Å². The number of carbonyl (C=O) groups excluding carboxylic acids is 1. The van der Waals surface area contributed by atoms with E-state index in [-0.39, 0.29) is 5.91 Å². The van der Waals surface area contributed by atoms with Crippen LogP contribution in [0.3, 0.4) is 0 Å². The van der Waals surface area contributed by atoms with Crippen molar-refractivity contribution >= 4 is 28.9 Å². The molecule has 1 heterocycles. The molecule has 5 heteroatoms. The maximum atomic E-state index is 12.3. The number of ether oxygens (including phenoxy) is 1. The van der Waals surface area contributed by atoms with Crippen molar-refractivity contribution in [3.05, 3.63) is 34.7 Å². The van der Waals surface area contributed by atoms with Crippen LogP contribution in [0, 0.1) is 0 Å². The van der Waals surface area contributed by atoms with Crippen LogP contribution in [-0.4, -0.2) is 36.2 Å². The van der Waals surface area contributed by atoms with Gasteiger partial charge in [0.25, 0.3) is 5.91 Å². The number of hydrogen-bond acceptors (Lipinski definition) is 4. The van der Waals surface area contributed by atoms with E-state index < -0.39 is 0 Å². The van der Waals surface area contributed by atoms with Crippen molar-refractivity contribution < 1.29 is 9.53 Å². The van der Waals surface area contributed by atoms with Crippen molar-refractivity contribution in [2.45, 2.75) is 13.8 Å². The fourth-order valence-corrected chi connectivity index (χ4v) is 3.00. The lowest BCUT2D eigenvalue weighted by Gasteiger charge is -2.11. The van der Waals surface area contributed by atoms with Crippen molar-refractivity contribution in [1.29, 1.82) is 0 Å². The lowest BCUT2D eigenvalue weighted by molar-refractivity contribution is -0.122. The number of amides is 1. The van der Waals surface area contributed by atoms with E-state index in [1.54, 1.807) is 12.0 Å². The molecule has 1 saturated heterocycles. The number of aliphatic imine (C=N–C) groups is 1. The zero-order valence-corrected chi connectivity index (χ0v) is 12.7. The third kappa shape index (κ3) is 3.04. The smallest absolute Gasteiger partial charge is 0.266 e. The normalized spacial score (nSPS) is 19.1. The lowest BCUT2D eigenvalue weighted by Crippen LogP contribution is -2.28. The number of nitrogens with zero attached hydrogens (tertiary/aromatic N) is 2. The maximum absolute atomic E-state index is 12.3. The van der Waals surface area contributed by atoms with Crippen LogP contribution in [0.5, 0.6) is 5.75 Å². The molecular formula is C15H18N2O2S. The highest BCUT2D eigenvalue weighted by Gasteiger charge is 2.31. The molecule has 2 rings (SSSR count). The monoisotopic (exact) mass is 290 g/mol. The van der Waals surface area contributed by atoms with Gasteiger partial charge in [-0.05, 0) is 49.4 Å². The van der Waals surface area contributed by atoms with Crippen molar-refractivity contribution in [1.82, 2.24) is 4.90 Å². The fraction of sp³-hybridized carbons (Fsp3) is 0.333. The van der Waals surface area contributed by atoms with E-state index in [1.165, 1.54) is 11.8 Å².